The van der Waals surface area contributed by atoms with E-state index < -0.39 is 0 Å². The molecule has 4 rings (SSSR count). The van der Waals surface area contributed by atoms with Gasteiger partial charge in [0.15, 0.2) is 0 Å². The van der Waals surface area contributed by atoms with Gasteiger partial charge < -0.3 is 10.2 Å². The summed E-state index contributed by atoms with van der Waals surface area (Å²) in [6.45, 7) is 5.04. The maximum absolute atomic E-state index is 14.0. The Kier molecular flexibility index (Phi) is 5.09. The Hall–Kier alpha value is -2.44. The fourth-order valence-electron chi connectivity index (χ4n) is 3.99. The summed E-state index contributed by atoms with van der Waals surface area (Å²) in [5, 5.41) is 6.63. The van der Waals surface area contributed by atoms with E-state index in [1.165, 1.54) is 17.2 Å². The van der Waals surface area contributed by atoms with E-state index in [1.807, 2.05) is 24.3 Å². The van der Waals surface area contributed by atoms with E-state index in [4.69, 9.17) is 0 Å². The molecule has 0 saturated carbocycles. The molecule has 5 nitrogen and oxygen atoms in total. The van der Waals surface area contributed by atoms with E-state index in [2.05, 4.69) is 39.5 Å². The van der Waals surface area contributed by atoms with Gasteiger partial charge in [-0.3, -0.25) is 15.0 Å². The van der Waals surface area contributed by atoms with Crippen molar-refractivity contribution in [2.75, 3.05) is 31.1 Å². The van der Waals surface area contributed by atoms with Crippen molar-refractivity contribution in [1.29, 1.82) is 0 Å². The normalized spacial score (nSPS) is 23.9. The highest BCUT2D eigenvalue weighted by molar-refractivity contribution is 5.78. The molecule has 2 N–H and O–H groups in total. The monoisotopic (exact) mass is 368 g/mol. The van der Waals surface area contributed by atoms with Crippen LogP contribution in [0, 0.1) is 12.7 Å². The molecule has 6 heteroatoms. The van der Waals surface area contributed by atoms with Crippen LogP contribution in [0.15, 0.2) is 48.5 Å². The van der Waals surface area contributed by atoms with Gasteiger partial charge in [0.2, 0.25) is 5.91 Å². The smallest absolute Gasteiger partial charge is 0.224 e. The van der Waals surface area contributed by atoms with E-state index in [9.17, 15) is 9.18 Å². The van der Waals surface area contributed by atoms with Crippen LogP contribution >= 0.6 is 0 Å². The Labute approximate surface area is 159 Å². The van der Waals surface area contributed by atoms with Crippen LogP contribution in [-0.4, -0.2) is 43.3 Å². The van der Waals surface area contributed by atoms with Crippen molar-refractivity contribution in [3.05, 3.63) is 65.5 Å². The first-order valence-electron chi connectivity index (χ1n) is 9.46. The van der Waals surface area contributed by atoms with Gasteiger partial charge in [-0.25, -0.2) is 4.39 Å². The van der Waals surface area contributed by atoms with Crippen LogP contribution in [0.4, 0.5) is 10.1 Å². The molecule has 142 valence electrons. The number of aryl methyl sites for hydroxylation is 1. The van der Waals surface area contributed by atoms with Gasteiger partial charge in [0, 0.05) is 38.6 Å². The molecule has 0 aromatic heterocycles. The maximum Gasteiger partial charge on any atom is 0.224 e. The fourth-order valence-corrected chi connectivity index (χ4v) is 3.99. The molecule has 2 aliphatic rings. The summed E-state index contributed by atoms with van der Waals surface area (Å²) in [6, 6.07) is 15.1. The average molecular weight is 368 g/mol. The summed E-state index contributed by atoms with van der Waals surface area (Å²) in [5.41, 5.74) is 3.01. The van der Waals surface area contributed by atoms with Gasteiger partial charge in [0.25, 0.3) is 0 Å². The lowest BCUT2D eigenvalue weighted by Gasteiger charge is -2.43. The molecule has 2 atom stereocenters. The summed E-state index contributed by atoms with van der Waals surface area (Å²) in [7, 11) is 0. The number of rotatable bonds is 3. The van der Waals surface area contributed by atoms with Crippen LogP contribution in [0.2, 0.25) is 0 Å². The fraction of sp³-hybridized carbons (Fsp3) is 0.381. The molecule has 2 aromatic rings. The Balaban J connectivity index is 1.43. The minimum absolute atomic E-state index is 0.00884. The van der Waals surface area contributed by atoms with E-state index >= 15 is 0 Å². The number of hydrogen-bond acceptors (Lipinski definition) is 4. The number of piperazine rings is 1. The number of para-hydroxylation sites is 1. The van der Waals surface area contributed by atoms with Crippen LogP contribution in [0.1, 0.15) is 23.6 Å². The molecule has 2 aliphatic heterocycles. The van der Waals surface area contributed by atoms with Crippen LogP contribution in [-0.2, 0) is 4.79 Å². The molecule has 2 fully saturated rings. The number of benzene rings is 2. The minimum atomic E-state index is -0.196. The van der Waals surface area contributed by atoms with Crippen molar-refractivity contribution >= 4 is 11.6 Å². The number of hydrogen-bond donors (Lipinski definition) is 2. The van der Waals surface area contributed by atoms with Crippen molar-refractivity contribution in [2.45, 2.75) is 25.7 Å². The van der Waals surface area contributed by atoms with Crippen LogP contribution in [0.5, 0.6) is 0 Å². The zero-order valence-corrected chi connectivity index (χ0v) is 15.5. The molecular weight excluding hydrogens is 343 g/mol. The number of carbonyl (C=O) groups is 1. The molecule has 2 unspecified atom stereocenters. The third-order valence-electron chi connectivity index (χ3n) is 5.48. The first-order chi connectivity index (χ1) is 13.1. The molecular formula is C21H25FN4O. The summed E-state index contributed by atoms with van der Waals surface area (Å²) >= 11 is 0. The lowest BCUT2D eigenvalue weighted by molar-refractivity contribution is -0.127. The molecule has 0 radical (unpaired) electrons. The van der Waals surface area contributed by atoms with Crippen molar-refractivity contribution in [3.63, 3.8) is 0 Å². The summed E-state index contributed by atoms with van der Waals surface area (Å²) in [4.78, 5) is 16.6. The largest absolute Gasteiger partial charge is 0.367 e. The second-order valence-electron chi connectivity index (χ2n) is 7.22. The minimum Gasteiger partial charge on any atom is -0.367 e. The SMILES string of the molecule is Cc1ccccc1C1CC(=O)NC(N2CCN(c3ccccc3F)CC2)N1. The lowest BCUT2D eigenvalue weighted by atomic mass is 9.97. The highest BCUT2D eigenvalue weighted by atomic mass is 19.1. The Morgan fingerprint density at radius 2 is 1.70 bits per heavy atom. The Morgan fingerprint density at radius 1 is 1.00 bits per heavy atom. The number of amides is 1. The summed E-state index contributed by atoms with van der Waals surface area (Å²) in [5.74, 6) is -0.127. The first-order valence-corrected chi connectivity index (χ1v) is 9.46. The van der Waals surface area contributed by atoms with E-state index in [1.54, 1.807) is 6.07 Å². The van der Waals surface area contributed by atoms with Gasteiger partial charge >= 0.3 is 0 Å². The standard InChI is InChI=1S/C21H25FN4O/c1-15-6-2-3-7-16(15)18-14-20(27)24-21(23-18)26-12-10-25(11-13-26)19-9-5-4-8-17(19)22/h2-9,18,21,23H,10-14H2,1H3,(H,24,27). The van der Waals surface area contributed by atoms with Crippen LogP contribution < -0.4 is 15.5 Å². The van der Waals surface area contributed by atoms with E-state index in [0.717, 1.165) is 26.2 Å². The molecule has 0 spiro atoms. The zero-order chi connectivity index (χ0) is 18.8. The van der Waals surface area contributed by atoms with Crippen molar-refractivity contribution in [3.8, 4) is 0 Å². The number of carbonyl (C=O) groups excluding carboxylic acids is 1. The van der Waals surface area contributed by atoms with Gasteiger partial charge in [-0.2, -0.15) is 0 Å². The third-order valence-corrected chi connectivity index (χ3v) is 5.48. The number of anilines is 1. The second kappa shape index (κ2) is 7.66. The van der Waals surface area contributed by atoms with Gasteiger partial charge in [-0.1, -0.05) is 36.4 Å². The first kappa shape index (κ1) is 17.9. The molecule has 27 heavy (non-hydrogen) atoms. The van der Waals surface area contributed by atoms with Crippen molar-refractivity contribution in [2.24, 2.45) is 0 Å². The van der Waals surface area contributed by atoms with E-state index in [-0.39, 0.29) is 24.1 Å². The van der Waals surface area contributed by atoms with Gasteiger partial charge in [0.1, 0.15) is 12.1 Å². The molecule has 0 bridgehead atoms. The van der Waals surface area contributed by atoms with Crippen LogP contribution in [0.25, 0.3) is 0 Å². The zero-order valence-electron chi connectivity index (χ0n) is 15.5. The molecule has 2 saturated heterocycles. The molecule has 2 aromatic carbocycles. The maximum atomic E-state index is 14.0. The topological polar surface area (TPSA) is 47.6 Å². The highest BCUT2D eigenvalue weighted by Gasteiger charge is 2.32. The van der Waals surface area contributed by atoms with Gasteiger partial charge in [-0.15, -0.1) is 0 Å². The quantitative estimate of drug-likeness (QED) is 0.873. The second-order valence-corrected chi connectivity index (χ2v) is 7.22. The van der Waals surface area contributed by atoms with Gasteiger partial charge in [0.05, 0.1) is 5.69 Å². The number of nitrogens with zero attached hydrogens (tertiary/aromatic N) is 2. The molecule has 1 amide bonds. The summed E-state index contributed by atoms with van der Waals surface area (Å²) < 4.78 is 14.0. The van der Waals surface area contributed by atoms with E-state index in [0.29, 0.717) is 12.1 Å². The predicted molar refractivity (Wildman–Crippen MR) is 104 cm³/mol. The molecule has 0 aliphatic carbocycles. The van der Waals surface area contributed by atoms with Crippen LogP contribution in [0.3, 0.4) is 0 Å². The Bertz CT molecular complexity index is 819. The van der Waals surface area contributed by atoms with Gasteiger partial charge in [-0.05, 0) is 30.2 Å². The lowest BCUT2D eigenvalue weighted by Crippen LogP contribution is -2.64. The highest BCUT2D eigenvalue weighted by Crippen LogP contribution is 2.25. The Morgan fingerprint density at radius 3 is 2.44 bits per heavy atom. The molecule has 2 heterocycles. The number of nitrogens with one attached hydrogen (secondary N) is 2. The summed E-state index contributed by atoms with van der Waals surface area (Å²) in [6.07, 6.45) is 0.245. The predicted octanol–water partition coefficient (Wildman–Crippen LogP) is 2.39. The number of halogens is 1. The third kappa shape index (κ3) is 3.82. The van der Waals surface area contributed by atoms with Crippen molar-refractivity contribution < 1.29 is 9.18 Å². The average Bonchev–Trinajstić information content (AvgIpc) is 2.68. The van der Waals surface area contributed by atoms with Crippen molar-refractivity contribution in [1.82, 2.24) is 15.5 Å².